The minimum Gasteiger partial charge on any atom is -0.490 e. The molecule has 1 amide bonds. The van der Waals surface area contributed by atoms with E-state index in [1.165, 1.54) is 0 Å². The van der Waals surface area contributed by atoms with Gasteiger partial charge < -0.3 is 14.8 Å². The van der Waals surface area contributed by atoms with E-state index in [-0.39, 0.29) is 12.0 Å². The number of ether oxygens (including phenoxy) is 2. The van der Waals surface area contributed by atoms with Crippen LogP contribution in [0.2, 0.25) is 5.02 Å². The number of rotatable bonds is 5. The molecule has 0 aliphatic carbocycles. The van der Waals surface area contributed by atoms with E-state index in [1.54, 1.807) is 18.2 Å². The van der Waals surface area contributed by atoms with Crippen molar-refractivity contribution in [3.63, 3.8) is 0 Å². The van der Waals surface area contributed by atoms with Crippen molar-refractivity contribution in [3.05, 3.63) is 58.6 Å². The predicted octanol–water partition coefficient (Wildman–Crippen LogP) is 4.46. The molecule has 1 N–H and O–H groups in total. The molecule has 2 aromatic rings. The van der Waals surface area contributed by atoms with Crippen molar-refractivity contribution in [2.45, 2.75) is 25.9 Å². The predicted molar refractivity (Wildman–Crippen MR) is 95.1 cm³/mol. The first kappa shape index (κ1) is 16.8. The van der Waals surface area contributed by atoms with Crippen molar-refractivity contribution in [2.24, 2.45) is 0 Å². The lowest BCUT2D eigenvalue weighted by Crippen LogP contribution is -2.19. The number of para-hydroxylation sites is 1. The van der Waals surface area contributed by atoms with Crippen molar-refractivity contribution < 1.29 is 14.3 Å². The van der Waals surface area contributed by atoms with E-state index in [9.17, 15) is 4.79 Å². The van der Waals surface area contributed by atoms with Crippen LogP contribution in [0.5, 0.6) is 5.75 Å². The van der Waals surface area contributed by atoms with Crippen LogP contribution < -0.4 is 10.1 Å². The van der Waals surface area contributed by atoms with Gasteiger partial charge >= 0.3 is 0 Å². The minimum absolute atomic E-state index is 0.108. The molecule has 1 saturated heterocycles. The second-order valence-corrected chi connectivity index (χ2v) is 6.27. The Morgan fingerprint density at radius 2 is 2.17 bits per heavy atom. The van der Waals surface area contributed by atoms with E-state index in [1.807, 2.05) is 31.2 Å². The molecule has 1 atom stereocenters. The summed E-state index contributed by atoms with van der Waals surface area (Å²) in [6, 6.07) is 12.7. The van der Waals surface area contributed by atoms with E-state index >= 15 is 0 Å². The Labute approximate surface area is 146 Å². The first-order chi connectivity index (χ1) is 11.6. The topological polar surface area (TPSA) is 47.6 Å². The highest BCUT2D eigenvalue weighted by Gasteiger charge is 2.18. The molecule has 0 bridgehead atoms. The molecule has 24 heavy (non-hydrogen) atoms. The Balaban J connectivity index is 1.70. The average Bonchev–Trinajstić information content (AvgIpc) is 3.10. The van der Waals surface area contributed by atoms with Crippen LogP contribution in [0.3, 0.4) is 0 Å². The Morgan fingerprint density at radius 3 is 2.92 bits per heavy atom. The van der Waals surface area contributed by atoms with E-state index in [0.717, 1.165) is 25.0 Å². The number of anilines is 1. The molecule has 0 spiro atoms. The highest BCUT2D eigenvalue weighted by atomic mass is 35.5. The van der Waals surface area contributed by atoms with Gasteiger partial charge in [-0.05, 0) is 49.6 Å². The fraction of sp³-hybridized carbons (Fsp3) is 0.316. The van der Waals surface area contributed by atoms with Crippen LogP contribution >= 0.6 is 11.6 Å². The molecule has 1 aliphatic rings. The molecule has 1 fully saturated rings. The van der Waals surface area contributed by atoms with Gasteiger partial charge in [0.2, 0.25) is 0 Å². The van der Waals surface area contributed by atoms with Gasteiger partial charge in [-0.25, -0.2) is 0 Å². The summed E-state index contributed by atoms with van der Waals surface area (Å²) in [6.45, 7) is 3.16. The third-order valence-corrected chi connectivity index (χ3v) is 4.42. The Hall–Kier alpha value is -2.04. The molecule has 0 radical (unpaired) electrons. The van der Waals surface area contributed by atoms with Gasteiger partial charge in [-0.1, -0.05) is 29.8 Å². The lowest BCUT2D eigenvalue weighted by molar-refractivity contribution is 0.0673. The summed E-state index contributed by atoms with van der Waals surface area (Å²) in [6.07, 6.45) is 2.16. The number of amides is 1. The maximum Gasteiger partial charge on any atom is 0.259 e. The summed E-state index contributed by atoms with van der Waals surface area (Å²) in [5.74, 6) is 0.335. The summed E-state index contributed by atoms with van der Waals surface area (Å²) in [5, 5.41) is 3.48. The van der Waals surface area contributed by atoms with Crippen molar-refractivity contribution in [1.82, 2.24) is 0 Å². The lowest BCUT2D eigenvalue weighted by atomic mass is 10.1. The van der Waals surface area contributed by atoms with Gasteiger partial charge in [-0.3, -0.25) is 4.79 Å². The van der Waals surface area contributed by atoms with Crippen molar-refractivity contribution in [1.29, 1.82) is 0 Å². The third-order valence-electron chi connectivity index (χ3n) is 4.01. The zero-order chi connectivity index (χ0) is 16.9. The molecule has 1 unspecified atom stereocenters. The number of halogens is 1. The number of aryl methyl sites for hydroxylation is 1. The van der Waals surface area contributed by atoms with Gasteiger partial charge in [0.15, 0.2) is 0 Å². The first-order valence-electron chi connectivity index (χ1n) is 8.04. The van der Waals surface area contributed by atoms with Crippen LogP contribution in [-0.2, 0) is 4.74 Å². The molecule has 126 valence electrons. The van der Waals surface area contributed by atoms with Crippen LogP contribution in [0.1, 0.15) is 28.8 Å². The van der Waals surface area contributed by atoms with Gasteiger partial charge in [0, 0.05) is 17.3 Å². The summed E-state index contributed by atoms with van der Waals surface area (Å²) >= 11 is 6.11. The molecule has 1 aliphatic heterocycles. The number of carbonyl (C=O) groups excluding carboxylic acids is 1. The average molecular weight is 346 g/mol. The summed E-state index contributed by atoms with van der Waals surface area (Å²) in [5.41, 5.74) is 2.12. The molecule has 0 saturated carbocycles. The number of hydrogen-bond acceptors (Lipinski definition) is 3. The Kier molecular flexibility index (Phi) is 5.38. The monoisotopic (exact) mass is 345 g/mol. The number of hydrogen-bond donors (Lipinski definition) is 1. The molecule has 2 aromatic carbocycles. The van der Waals surface area contributed by atoms with Gasteiger partial charge in [-0.2, -0.15) is 0 Å². The molecular weight excluding hydrogens is 326 g/mol. The van der Waals surface area contributed by atoms with E-state index in [4.69, 9.17) is 21.1 Å². The minimum atomic E-state index is -0.224. The second kappa shape index (κ2) is 7.69. The van der Waals surface area contributed by atoms with E-state index in [2.05, 4.69) is 5.32 Å². The van der Waals surface area contributed by atoms with Crippen molar-refractivity contribution in [3.8, 4) is 5.75 Å². The Bertz CT molecular complexity index is 726. The second-order valence-electron chi connectivity index (χ2n) is 5.86. The zero-order valence-electron chi connectivity index (χ0n) is 13.5. The summed E-state index contributed by atoms with van der Waals surface area (Å²) < 4.78 is 11.4. The van der Waals surface area contributed by atoms with Gasteiger partial charge in [-0.15, -0.1) is 0 Å². The molecule has 5 heteroatoms. The van der Waals surface area contributed by atoms with Gasteiger partial charge in [0.1, 0.15) is 12.4 Å². The number of benzene rings is 2. The van der Waals surface area contributed by atoms with Crippen LogP contribution in [0.15, 0.2) is 42.5 Å². The van der Waals surface area contributed by atoms with Crippen molar-refractivity contribution in [2.75, 3.05) is 18.5 Å². The van der Waals surface area contributed by atoms with Crippen molar-refractivity contribution >= 4 is 23.2 Å². The standard InChI is InChI=1S/C19H20ClNO3/c1-13-8-9-14(11-17(13)20)21-19(22)16-6-2-3-7-18(16)24-12-15-5-4-10-23-15/h2-3,6-9,11,15H,4-5,10,12H2,1H3,(H,21,22). The van der Waals surface area contributed by atoms with Crippen LogP contribution in [0.4, 0.5) is 5.69 Å². The summed E-state index contributed by atoms with van der Waals surface area (Å²) in [4.78, 5) is 12.6. The lowest BCUT2D eigenvalue weighted by Gasteiger charge is -2.14. The fourth-order valence-corrected chi connectivity index (χ4v) is 2.79. The van der Waals surface area contributed by atoms with Crippen LogP contribution in [-0.4, -0.2) is 25.2 Å². The normalized spacial score (nSPS) is 16.8. The largest absolute Gasteiger partial charge is 0.490 e. The highest BCUT2D eigenvalue weighted by molar-refractivity contribution is 6.31. The maximum absolute atomic E-state index is 12.6. The quantitative estimate of drug-likeness (QED) is 0.870. The van der Waals surface area contributed by atoms with Crippen LogP contribution in [0.25, 0.3) is 0 Å². The highest BCUT2D eigenvalue weighted by Crippen LogP contribution is 2.24. The zero-order valence-corrected chi connectivity index (χ0v) is 14.3. The molecule has 3 rings (SSSR count). The third kappa shape index (κ3) is 4.08. The number of nitrogens with one attached hydrogen (secondary N) is 1. The molecular formula is C19H20ClNO3. The summed E-state index contributed by atoms with van der Waals surface area (Å²) in [7, 11) is 0. The molecule has 4 nitrogen and oxygen atoms in total. The van der Waals surface area contributed by atoms with E-state index in [0.29, 0.717) is 28.6 Å². The van der Waals surface area contributed by atoms with Crippen LogP contribution in [0, 0.1) is 6.92 Å². The number of carbonyl (C=O) groups is 1. The van der Waals surface area contributed by atoms with Gasteiger partial charge in [0.05, 0.1) is 11.7 Å². The SMILES string of the molecule is Cc1ccc(NC(=O)c2ccccc2OCC2CCCO2)cc1Cl. The first-order valence-corrected chi connectivity index (χ1v) is 8.42. The molecule has 1 heterocycles. The van der Waals surface area contributed by atoms with Gasteiger partial charge in [0.25, 0.3) is 5.91 Å². The smallest absolute Gasteiger partial charge is 0.259 e. The maximum atomic E-state index is 12.6. The molecule has 0 aromatic heterocycles. The fourth-order valence-electron chi connectivity index (χ4n) is 2.61. The van der Waals surface area contributed by atoms with E-state index < -0.39 is 0 Å². The Morgan fingerprint density at radius 1 is 1.33 bits per heavy atom.